The highest BCUT2D eigenvalue weighted by Gasteiger charge is 2.17. The second-order valence-corrected chi connectivity index (χ2v) is 6.77. The predicted molar refractivity (Wildman–Crippen MR) is 106 cm³/mol. The van der Waals surface area contributed by atoms with Gasteiger partial charge >= 0.3 is 0 Å². The molecule has 1 aliphatic rings. The van der Waals surface area contributed by atoms with Gasteiger partial charge in [0, 0.05) is 12.2 Å². The highest BCUT2D eigenvalue weighted by Crippen LogP contribution is 2.33. The van der Waals surface area contributed by atoms with Gasteiger partial charge < -0.3 is 25.0 Å². The molecule has 0 unspecified atom stereocenters. The van der Waals surface area contributed by atoms with Gasteiger partial charge in [-0.05, 0) is 67.5 Å². The van der Waals surface area contributed by atoms with Crippen LogP contribution >= 0.6 is 0 Å². The number of phenols is 2. The van der Waals surface area contributed by atoms with E-state index in [1.165, 1.54) is 24.1 Å². The Bertz CT molecular complexity index is 823. The van der Waals surface area contributed by atoms with Crippen LogP contribution in [0, 0.1) is 0 Å². The maximum atomic E-state index is 9.72. The zero-order valence-electron chi connectivity index (χ0n) is 15.9. The summed E-state index contributed by atoms with van der Waals surface area (Å²) in [7, 11) is 3.13. The first-order chi connectivity index (χ1) is 13.1. The van der Waals surface area contributed by atoms with Crippen molar-refractivity contribution < 1.29 is 19.7 Å². The standard InChI is InChI=1S/C22H27NO4/c1-26-21-13-15(4-9-19(21)24)3-8-18(17-6-7-17)23-12-11-16-5-10-20(25)22(14-16)27-2/h4-5,9-10,13-14,23-25H,3,6-8,11-12H2,1-2H3. The summed E-state index contributed by atoms with van der Waals surface area (Å²) in [5, 5.41) is 23.0. The molecule has 0 radical (unpaired) electrons. The summed E-state index contributed by atoms with van der Waals surface area (Å²) in [6.45, 7) is 0.839. The van der Waals surface area contributed by atoms with Crippen LogP contribution < -0.4 is 14.8 Å². The molecular formula is C22H27NO4. The van der Waals surface area contributed by atoms with Crippen LogP contribution in [0.25, 0.3) is 0 Å². The third kappa shape index (κ3) is 5.09. The van der Waals surface area contributed by atoms with E-state index >= 15 is 0 Å². The number of nitrogens with one attached hydrogen (secondary N) is 1. The van der Waals surface area contributed by atoms with Crippen LogP contribution in [0.5, 0.6) is 23.0 Å². The van der Waals surface area contributed by atoms with Crippen molar-refractivity contribution in [2.75, 3.05) is 20.8 Å². The van der Waals surface area contributed by atoms with Crippen LogP contribution in [0.15, 0.2) is 47.7 Å². The zero-order chi connectivity index (χ0) is 19.2. The van der Waals surface area contributed by atoms with Crippen molar-refractivity contribution in [1.82, 2.24) is 5.32 Å². The van der Waals surface area contributed by atoms with E-state index in [9.17, 15) is 10.2 Å². The van der Waals surface area contributed by atoms with E-state index in [0.29, 0.717) is 11.5 Å². The molecule has 0 heterocycles. The van der Waals surface area contributed by atoms with E-state index < -0.39 is 0 Å². The lowest BCUT2D eigenvalue weighted by atomic mass is 10.1. The van der Waals surface area contributed by atoms with Gasteiger partial charge in [-0.25, -0.2) is 0 Å². The van der Waals surface area contributed by atoms with Gasteiger partial charge in [-0.2, -0.15) is 0 Å². The van der Waals surface area contributed by atoms with Gasteiger partial charge in [0.1, 0.15) is 0 Å². The molecule has 1 saturated carbocycles. The Balaban J connectivity index is 1.54. The fourth-order valence-electron chi connectivity index (χ4n) is 3.14. The third-order valence-corrected chi connectivity index (χ3v) is 4.83. The van der Waals surface area contributed by atoms with Gasteiger partial charge in [-0.15, -0.1) is 0 Å². The Labute approximate surface area is 160 Å². The third-order valence-electron chi connectivity index (χ3n) is 4.83. The van der Waals surface area contributed by atoms with Gasteiger partial charge in [-0.3, -0.25) is 0 Å². The summed E-state index contributed by atoms with van der Waals surface area (Å²) >= 11 is 0. The molecule has 2 aromatic rings. The Morgan fingerprint density at radius 3 is 1.96 bits per heavy atom. The lowest BCUT2D eigenvalue weighted by Crippen LogP contribution is -2.17. The number of allylic oxidation sites excluding steroid dienone is 2. The average Bonchev–Trinajstić information content (AvgIpc) is 3.52. The number of aromatic hydroxyl groups is 2. The van der Waals surface area contributed by atoms with Crippen molar-refractivity contribution in [2.24, 2.45) is 0 Å². The second-order valence-electron chi connectivity index (χ2n) is 6.77. The van der Waals surface area contributed by atoms with Gasteiger partial charge in [-0.1, -0.05) is 17.7 Å². The molecular weight excluding hydrogens is 342 g/mol. The maximum absolute atomic E-state index is 9.72. The number of phenolic OH excluding ortho intramolecular Hbond substituents is 2. The molecule has 144 valence electrons. The number of rotatable bonds is 9. The molecule has 1 aliphatic carbocycles. The summed E-state index contributed by atoms with van der Waals surface area (Å²) in [4.78, 5) is 0. The van der Waals surface area contributed by atoms with Gasteiger partial charge in [0.25, 0.3) is 0 Å². The van der Waals surface area contributed by atoms with E-state index in [1.807, 2.05) is 24.3 Å². The molecule has 0 atom stereocenters. The van der Waals surface area contributed by atoms with Crippen LogP contribution in [0.2, 0.25) is 0 Å². The normalized spacial score (nSPS) is 12.6. The molecule has 0 saturated heterocycles. The first-order valence-corrected chi connectivity index (χ1v) is 9.27. The summed E-state index contributed by atoms with van der Waals surface area (Å²) in [6.07, 6.45) is 5.06. The summed E-state index contributed by atoms with van der Waals surface area (Å²) in [6, 6.07) is 11.0. The Kier molecular flexibility index (Phi) is 6.12. The van der Waals surface area contributed by atoms with Crippen LogP contribution in [-0.2, 0) is 12.8 Å². The van der Waals surface area contributed by atoms with E-state index in [4.69, 9.17) is 9.47 Å². The highest BCUT2D eigenvalue weighted by atomic mass is 16.5. The van der Waals surface area contributed by atoms with E-state index in [0.717, 1.165) is 36.9 Å². The van der Waals surface area contributed by atoms with E-state index in [-0.39, 0.29) is 11.5 Å². The molecule has 0 bridgehead atoms. The fraction of sp³-hybridized carbons (Fsp3) is 0.364. The van der Waals surface area contributed by atoms with Gasteiger partial charge in [0.05, 0.1) is 14.2 Å². The molecule has 27 heavy (non-hydrogen) atoms. The van der Waals surface area contributed by atoms with Crippen LogP contribution in [0.4, 0.5) is 0 Å². The first kappa shape index (κ1) is 19.0. The Morgan fingerprint density at radius 2 is 1.44 bits per heavy atom. The molecule has 0 amide bonds. The SMILES string of the molecule is COc1cc(CCNC(CCc2ccc(O)c(OC)c2)=C2CC2)ccc1O. The van der Waals surface area contributed by atoms with Crippen molar-refractivity contribution in [3.05, 3.63) is 58.8 Å². The lowest BCUT2D eigenvalue weighted by Gasteiger charge is -2.13. The van der Waals surface area contributed by atoms with E-state index in [2.05, 4.69) is 5.32 Å². The zero-order valence-corrected chi connectivity index (χ0v) is 15.9. The summed E-state index contributed by atoms with van der Waals surface area (Å²) in [5.41, 5.74) is 5.10. The van der Waals surface area contributed by atoms with Crippen LogP contribution in [-0.4, -0.2) is 31.0 Å². The Hall–Kier alpha value is -2.82. The number of aryl methyl sites for hydroxylation is 1. The molecule has 0 aliphatic heterocycles. The Morgan fingerprint density at radius 1 is 0.889 bits per heavy atom. The molecule has 5 nitrogen and oxygen atoms in total. The lowest BCUT2D eigenvalue weighted by molar-refractivity contribution is 0.373. The van der Waals surface area contributed by atoms with Crippen molar-refractivity contribution in [2.45, 2.75) is 32.1 Å². The van der Waals surface area contributed by atoms with Gasteiger partial charge in [0.15, 0.2) is 23.0 Å². The molecule has 3 N–H and O–H groups in total. The number of ether oxygens (including phenoxy) is 2. The quantitative estimate of drug-likeness (QED) is 0.625. The van der Waals surface area contributed by atoms with Crippen LogP contribution in [0.1, 0.15) is 30.4 Å². The van der Waals surface area contributed by atoms with Crippen molar-refractivity contribution >= 4 is 0 Å². The minimum Gasteiger partial charge on any atom is -0.504 e. The number of methoxy groups -OCH3 is 2. The highest BCUT2D eigenvalue weighted by molar-refractivity contribution is 5.43. The molecule has 0 spiro atoms. The number of hydrogen-bond acceptors (Lipinski definition) is 5. The molecule has 2 aromatic carbocycles. The summed E-state index contributed by atoms with van der Waals surface area (Å²) < 4.78 is 10.4. The number of hydrogen-bond donors (Lipinski definition) is 3. The van der Waals surface area contributed by atoms with Crippen molar-refractivity contribution in [1.29, 1.82) is 0 Å². The average molecular weight is 369 g/mol. The van der Waals surface area contributed by atoms with Gasteiger partial charge in [0.2, 0.25) is 0 Å². The van der Waals surface area contributed by atoms with Crippen molar-refractivity contribution in [3.63, 3.8) is 0 Å². The largest absolute Gasteiger partial charge is 0.504 e. The maximum Gasteiger partial charge on any atom is 0.160 e. The first-order valence-electron chi connectivity index (χ1n) is 9.27. The fourth-order valence-corrected chi connectivity index (χ4v) is 3.14. The molecule has 1 fully saturated rings. The smallest absolute Gasteiger partial charge is 0.160 e. The predicted octanol–water partition coefficient (Wildman–Crippen LogP) is 3.93. The molecule has 3 rings (SSSR count). The topological polar surface area (TPSA) is 71.0 Å². The second kappa shape index (κ2) is 8.71. The minimum absolute atomic E-state index is 0.166. The van der Waals surface area contributed by atoms with Crippen LogP contribution in [0.3, 0.4) is 0 Å². The molecule has 5 heteroatoms. The van der Waals surface area contributed by atoms with E-state index in [1.54, 1.807) is 26.4 Å². The summed E-state index contributed by atoms with van der Waals surface area (Å²) in [5.74, 6) is 1.36. The van der Waals surface area contributed by atoms with Crippen molar-refractivity contribution in [3.8, 4) is 23.0 Å². The number of benzene rings is 2. The molecule has 0 aromatic heterocycles. The minimum atomic E-state index is 0.166. The monoisotopic (exact) mass is 369 g/mol.